The number of nitrogens with two attached hydrogens (primary N) is 1. The quantitative estimate of drug-likeness (QED) is 0.929. The van der Waals surface area contributed by atoms with Gasteiger partial charge in [-0.3, -0.25) is 4.79 Å². The van der Waals surface area contributed by atoms with Gasteiger partial charge < -0.3 is 10.6 Å². The van der Waals surface area contributed by atoms with Gasteiger partial charge in [-0.15, -0.1) is 11.3 Å². The maximum Gasteiger partial charge on any atom is 0.223 e. The SMILES string of the molecule is CCCN1C(=O)CCCC(N)C1c1ncc(Cl)s1. The van der Waals surface area contributed by atoms with Crippen LogP contribution in [0.4, 0.5) is 0 Å². The predicted molar refractivity (Wildman–Crippen MR) is 73.7 cm³/mol. The fourth-order valence-electron chi connectivity index (χ4n) is 2.40. The van der Waals surface area contributed by atoms with E-state index < -0.39 is 0 Å². The van der Waals surface area contributed by atoms with Crippen LogP contribution in [-0.4, -0.2) is 28.4 Å². The zero-order chi connectivity index (χ0) is 13.1. The number of thiazole rings is 1. The van der Waals surface area contributed by atoms with E-state index >= 15 is 0 Å². The van der Waals surface area contributed by atoms with Crippen molar-refractivity contribution in [2.45, 2.75) is 44.7 Å². The smallest absolute Gasteiger partial charge is 0.223 e. The average molecular weight is 288 g/mol. The number of likely N-dealkylation sites (tertiary alicyclic amines) is 1. The highest BCUT2D eigenvalue weighted by molar-refractivity contribution is 7.15. The molecule has 0 aliphatic carbocycles. The number of rotatable bonds is 3. The first-order valence-electron chi connectivity index (χ1n) is 6.29. The lowest BCUT2D eigenvalue weighted by molar-refractivity contribution is -0.133. The van der Waals surface area contributed by atoms with E-state index in [1.807, 2.05) is 4.90 Å². The van der Waals surface area contributed by atoms with Gasteiger partial charge in [0, 0.05) is 19.0 Å². The first kappa shape index (κ1) is 13.8. The second kappa shape index (κ2) is 5.99. The van der Waals surface area contributed by atoms with E-state index in [0.717, 1.165) is 30.8 Å². The molecule has 4 nitrogen and oxygen atoms in total. The molecule has 0 spiro atoms. The van der Waals surface area contributed by atoms with Gasteiger partial charge in [-0.2, -0.15) is 0 Å². The molecule has 1 saturated heterocycles. The predicted octanol–water partition coefficient (Wildman–Crippen LogP) is 2.59. The molecule has 1 fully saturated rings. The first-order valence-corrected chi connectivity index (χ1v) is 7.49. The molecule has 1 amide bonds. The summed E-state index contributed by atoms with van der Waals surface area (Å²) >= 11 is 7.36. The zero-order valence-corrected chi connectivity index (χ0v) is 12.0. The van der Waals surface area contributed by atoms with Gasteiger partial charge in [0.25, 0.3) is 0 Å². The van der Waals surface area contributed by atoms with Crippen molar-refractivity contribution >= 4 is 28.8 Å². The van der Waals surface area contributed by atoms with Crippen LogP contribution in [0, 0.1) is 0 Å². The van der Waals surface area contributed by atoms with Crippen LogP contribution < -0.4 is 5.73 Å². The number of carbonyl (C=O) groups is 1. The van der Waals surface area contributed by atoms with Crippen LogP contribution in [0.15, 0.2) is 6.20 Å². The van der Waals surface area contributed by atoms with Gasteiger partial charge in [-0.05, 0) is 19.3 Å². The minimum Gasteiger partial charge on any atom is -0.332 e. The molecule has 18 heavy (non-hydrogen) atoms. The van der Waals surface area contributed by atoms with Crippen LogP contribution in [-0.2, 0) is 4.79 Å². The molecule has 2 unspecified atom stereocenters. The number of carbonyl (C=O) groups excluding carboxylic acids is 1. The van der Waals surface area contributed by atoms with E-state index in [4.69, 9.17) is 17.3 Å². The fraction of sp³-hybridized carbons (Fsp3) is 0.667. The van der Waals surface area contributed by atoms with E-state index in [1.165, 1.54) is 11.3 Å². The molecule has 0 saturated carbocycles. The Kier molecular flexibility index (Phi) is 4.59. The van der Waals surface area contributed by atoms with Crippen LogP contribution in [0.3, 0.4) is 0 Å². The van der Waals surface area contributed by atoms with Crippen molar-refractivity contribution in [3.8, 4) is 0 Å². The van der Waals surface area contributed by atoms with E-state index in [1.54, 1.807) is 6.20 Å². The van der Waals surface area contributed by atoms with Gasteiger partial charge >= 0.3 is 0 Å². The number of halogens is 1. The van der Waals surface area contributed by atoms with Gasteiger partial charge in [-0.25, -0.2) is 4.98 Å². The van der Waals surface area contributed by atoms with Gasteiger partial charge in [0.05, 0.1) is 12.2 Å². The van der Waals surface area contributed by atoms with Crippen LogP contribution in [0.2, 0.25) is 4.34 Å². The van der Waals surface area contributed by atoms with Crippen molar-refractivity contribution in [3.63, 3.8) is 0 Å². The van der Waals surface area contributed by atoms with Crippen molar-refractivity contribution in [2.75, 3.05) is 6.54 Å². The van der Waals surface area contributed by atoms with Gasteiger partial charge in [-0.1, -0.05) is 18.5 Å². The van der Waals surface area contributed by atoms with Crippen molar-refractivity contribution in [3.05, 3.63) is 15.5 Å². The molecule has 0 aromatic carbocycles. The van der Waals surface area contributed by atoms with Gasteiger partial charge in [0.2, 0.25) is 5.91 Å². The van der Waals surface area contributed by atoms with Crippen LogP contribution >= 0.6 is 22.9 Å². The third kappa shape index (κ3) is 2.84. The highest BCUT2D eigenvalue weighted by atomic mass is 35.5. The van der Waals surface area contributed by atoms with Gasteiger partial charge in [0.15, 0.2) is 0 Å². The molecule has 0 bridgehead atoms. The summed E-state index contributed by atoms with van der Waals surface area (Å²) in [5.41, 5.74) is 6.23. The van der Waals surface area contributed by atoms with Gasteiger partial charge in [0.1, 0.15) is 9.34 Å². The lowest BCUT2D eigenvalue weighted by Gasteiger charge is -2.31. The molecule has 6 heteroatoms. The Morgan fingerprint density at radius 2 is 2.44 bits per heavy atom. The van der Waals surface area contributed by atoms with Crippen molar-refractivity contribution < 1.29 is 4.79 Å². The lowest BCUT2D eigenvalue weighted by atomic mass is 10.0. The fourth-order valence-corrected chi connectivity index (χ4v) is 3.52. The summed E-state index contributed by atoms with van der Waals surface area (Å²) in [5, 5.41) is 0.858. The van der Waals surface area contributed by atoms with E-state index in [2.05, 4.69) is 11.9 Å². The second-order valence-electron chi connectivity index (χ2n) is 4.59. The molecular weight excluding hydrogens is 270 g/mol. The summed E-state index contributed by atoms with van der Waals surface area (Å²) in [7, 11) is 0. The Labute approximate surface area is 116 Å². The average Bonchev–Trinajstić information content (AvgIpc) is 2.69. The Morgan fingerprint density at radius 3 is 3.06 bits per heavy atom. The minimum atomic E-state index is -0.113. The molecule has 2 rings (SSSR count). The maximum absolute atomic E-state index is 12.2. The minimum absolute atomic E-state index is 0.0507. The summed E-state index contributed by atoms with van der Waals surface area (Å²) in [5.74, 6) is 0.182. The third-order valence-corrected chi connectivity index (χ3v) is 4.39. The monoisotopic (exact) mass is 287 g/mol. The molecule has 2 N–H and O–H groups in total. The molecule has 1 aliphatic heterocycles. The summed E-state index contributed by atoms with van der Waals surface area (Å²) in [4.78, 5) is 18.3. The number of amides is 1. The summed E-state index contributed by atoms with van der Waals surface area (Å²) < 4.78 is 0.644. The molecule has 1 aromatic rings. The van der Waals surface area contributed by atoms with Crippen molar-refractivity contribution in [2.24, 2.45) is 5.73 Å². The van der Waals surface area contributed by atoms with E-state index in [0.29, 0.717) is 10.8 Å². The van der Waals surface area contributed by atoms with Crippen LogP contribution in [0.1, 0.15) is 43.7 Å². The topological polar surface area (TPSA) is 59.2 Å². The zero-order valence-electron chi connectivity index (χ0n) is 10.4. The van der Waals surface area contributed by atoms with Crippen molar-refractivity contribution in [1.29, 1.82) is 0 Å². The third-order valence-electron chi connectivity index (χ3n) is 3.20. The molecule has 0 radical (unpaired) electrons. The van der Waals surface area contributed by atoms with Crippen molar-refractivity contribution in [1.82, 2.24) is 9.88 Å². The second-order valence-corrected chi connectivity index (χ2v) is 6.28. The standard InChI is InChI=1S/C12H18ClN3OS/c1-2-6-16-10(17)5-3-4-8(14)11(16)12-15-7-9(13)18-12/h7-8,11H,2-6,14H2,1H3. The highest BCUT2D eigenvalue weighted by Gasteiger charge is 2.34. The normalized spacial score (nSPS) is 25.3. The molecule has 1 aromatic heterocycles. The van der Waals surface area contributed by atoms with E-state index in [-0.39, 0.29) is 18.0 Å². The largest absolute Gasteiger partial charge is 0.332 e. The highest BCUT2D eigenvalue weighted by Crippen LogP contribution is 2.33. The number of nitrogens with zero attached hydrogens (tertiary/aromatic N) is 2. The van der Waals surface area contributed by atoms with Crippen LogP contribution in [0.5, 0.6) is 0 Å². The molecule has 2 atom stereocenters. The Balaban J connectivity index is 2.32. The van der Waals surface area contributed by atoms with E-state index in [9.17, 15) is 4.79 Å². The molecule has 100 valence electrons. The Hall–Kier alpha value is -0.650. The number of hydrogen-bond acceptors (Lipinski definition) is 4. The summed E-state index contributed by atoms with van der Waals surface area (Å²) in [6.07, 6.45) is 4.86. The molecule has 1 aliphatic rings. The number of aromatic nitrogens is 1. The number of hydrogen-bond donors (Lipinski definition) is 1. The maximum atomic E-state index is 12.2. The molecular formula is C12H18ClN3OS. The molecule has 2 heterocycles. The summed E-state index contributed by atoms with van der Waals surface area (Å²) in [6, 6.07) is -0.164. The lowest BCUT2D eigenvalue weighted by Crippen LogP contribution is -2.42. The van der Waals surface area contributed by atoms with Crippen LogP contribution in [0.25, 0.3) is 0 Å². The summed E-state index contributed by atoms with van der Waals surface area (Å²) in [6.45, 7) is 2.80. The Morgan fingerprint density at radius 1 is 1.67 bits per heavy atom. The Bertz CT molecular complexity index is 423. The first-order chi connectivity index (χ1) is 8.63.